The van der Waals surface area contributed by atoms with Crippen LogP contribution in [0.4, 0.5) is 13.2 Å². The van der Waals surface area contributed by atoms with E-state index >= 15 is 0 Å². The number of hydrogen-bond acceptors (Lipinski definition) is 6. The first kappa shape index (κ1) is 19.6. The summed E-state index contributed by atoms with van der Waals surface area (Å²) in [5.41, 5.74) is 2.13. The van der Waals surface area contributed by atoms with Gasteiger partial charge >= 0.3 is 6.18 Å². The van der Waals surface area contributed by atoms with Crippen LogP contribution in [0.5, 0.6) is 0 Å². The summed E-state index contributed by atoms with van der Waals surface area (Å²) in [6.07, 6.45) is -4.66. The van der Waals surface area contributed by atoms with Crippen molar-refractivity contribution in [3.63, 3.8) is 0 Å². The lowest BCUT2D eigenvalue weighted by Gasteiger charge is -2.10. The van der Waals surface area contributed by atoms with Crippen LogP contribution in [-0.4, -0.2) is 34.6 Å². The molecule has 0 fully saturated rings. The number of hydrogen-bond donors (Lipinski definition) is 0. The van der Waals surface area contributed by atoms with Gasteiger partial charge in [-0.05, 0) is 55.4 Å². The van der Waals surface area contributed by atoms with Crippen molar-refractivity contribution >= 4 is 29.0 Å². The van der Waals surface area contributed by atoms with Gasteiger partial charge in [-0.25, -0.2) is 0 Å². The number of alkyl halides is 3. The van der Waals surface area contributed by atoms with Crippen LogP contribution in [-0.2, 0) is 13.2 Å². The molecule has 3 heterocycles. The van der Waals surface area contributed by atoms with Gasteiger partial charge in [-0.15, -0.1) is 20.4 Å². The second-order valence-corrected chi connectivity index (χ2v) is 7.68. The van der Waals surface area contributed by atoms with Crippen molar-refractivity contribution in [1.29, 1.82) is 0 Å². The number of nitrogens with zero attached hydrogens (tertiary/aromatic N) is 7. The van der Waals surface area contributed by atoms with Crippen LogP contribution in [0.15, 0.2) is 34.4 Å². The second kappa shape index (κ2) is 6.99. The van der Waals surface area contributed by atoms with E-state index in [9.17, 15) is 13.2 Å². The van der Waals surface area contributed by atoms with E-state index in [1.165, 1.54) is 0 Å². The Morgan fingerprint density at radius 1 is 0.966 bits per heavy atom. The molecule has 0 saturated heterocycles. The molecule has 0 amide bonds. The Morgan fingerprint density at radius 3 is 2.31 bits per heavy atom. The molecule has 4 rings (SSSR count). The molecule has 150 valence electrons. The maximum Gasteiger partial charge on any atom is 0.453 e. The summed E-state index contributed by atoms with van der Waals surface area (Å²) in [5, 5.41) is 20.8. The van der Waals surface area contributed by atoms with Crippen LogP contribution in [0.1, 0.15) is 17.0 Å². The van der Waals surface area contributed by atoms with Gasteiger partial charge in [0, 0.05) is 23.2 Å². The normalized spacial score (nSPS) is 12.1. The molecule has 29 heavy (non-hydrogen) atoms. The van der Waals surface area contributed by atoms with Crippen molar-refractivity contribution in [3.8, 4) is 11.4 Å². The number of fused-ring (bicyclic) bond motifs is 1. The minimum absolute atomic E-state index is 0.0685. The fraction of sp³-hybridized carbons (Fsp3) is 0.235. The lowest BCUT2D eigenvalue weighted by atomic mass is 10.2. The Labute approximate surface area is 171 Å². The molecule has 0 aliphatic heterocycles. The molecule has 0 radical (unpaired) electrons. The zero-order valence-corrected chi connectivity index (χ0v) is 16.9. The van der Waals surface area contributed by atoms with E-state index in [1.807, 2.05) is 12.1 Å². The van der Waals surface area contributed by atoms with Gasteiger partial charge in [0.2, 0.25) is 0 Å². The third-order valence-corrected chi connectivity index (χ3v) is 5.80. The summed E-state index contributed by atoms with van der Waals surface area (Å²) in [6.45, 7) is 3.45. The van der Waals surface area contributed by atoms with Gasteiger partial charge in [0.15, 0.2) is 16.6 Å². The molecule has 0 spiro atoms. The zero-order chi connectivity index (χ0) is 20.9. The van der Waals surface area contributed by atoms with Crippen molar-refractivity contribution in [2.24, 2.45) is 7.05 Å². The molecule has 1 aromatic carbocycles. The van der Waals surface area contributed by atoms with Gasteiger partial charge in [0.05, 0.1) is 0 Å². The van der Waals surface area contributed by atoms with Crippen LogP contribution in [0.3, 0.4) is 0 Å². The summed E-state index contributed by atoms with van der Waals surface area (Å²) < 4.78 is 42.1. The highest BCUT2D eigenvalue weighted by atomic mass is 35.5. The third-order valence-electron chi connectivity index (χ3n) is 4.43. The van der Waals surface area contributed by atoms with E-state index in [4.69, 9.17) is 11.6 Å². The van der Waals surface area contributed by atoms with E-state index < -0.39 is 12.0 Å². The average molecular weight is 440 g/mol. The maximum atomic E-state index is 13.2. The van der Waals surface area contributed by atoms with E-state index in [2.05, 4.69) is 25.5 Å². The van der Waals surface area contributed by atoms with E-state index in [1.54, 1.807) is 37.6 Å². The van der Waals surface area contributed by atoms with Crippen molar-refractivity contribution in [2.45, 2.75) is 30.2 Å². The summed E-state index contributed by atoms with van der Waals surface area (Å²) in [7, 11) is 1.77. The second-order valence-electron chi connectivity index (χ2n) is 6.29. The molecule has 7 nitrogen and oxygen atoms in total. The van der Waals surface area contributed by atoms with Crippen molar-refractivity contribution in [2.75, 3.05) is 0 Å². The summed E-state index contributed by atoms with van der Waals surface area (Å²) in [4.78, 5) is 0. The van der Waals surface area contributed by atoms with Crippen LogP contribution >= 0.6 is 23.4 Å². The van der Waals surface area contributed by atoms with Gasteiger partial charge in [0.25, 0.3) is 5.82 Å². The molecule has 0 atom stereocenters. The van der Waals surface area contributed by atoms with Crippen molar-refractivity contribution in [1.82, 2.24) is 34.6 Å². The fourth-order valence-electron chi connectivity index (χ4n) is 2.72. The number of rotatable bonds is 3. The summed E-state index contributed by atoms with van der Waals surface area (Å²) in [6, 6.07) is 7.11. The molecule has 0 saturated carbocycles. The Hall–Kier alpha value is -2.66. The highest BCUT2D eigenvalue weighted by molar-refractivity contribution is 7.99. The molecular formula is C17H13ClF3N7S. The number of aryl methyl sites for hydroxylation is 1. The van der Waals surface area contributed by atoms with Gasteiger partial charge < -0.3 is 4.57 Å². The number of halogens is 4. The fourth-order valence-corrected chi connectivity index (χ4v) is 3.75. The Kier molecular flexibility index (Phi) is 4.74. The van der Waals surface area contributed by atoms with E-state index in [-0.39, 0.29) is 5.65 Å². The molecule has 0 N–H and O–H groups in total. The standard InChI is InChI=1S/C17H13ClF3N7S/c1-8-9(2)14(26-28-12(8)22-24-15(28)17(19,20)21)29-16-25-23-13(27(16)3)10-4-6-11(18)7-5-10/h4-7H,1-3H3. The quantitative estimate of drug-likeness (QED) is 0.472. The average Bonchev–Trinajstić information content (AvgIpc) is 3.24. The van der Waals surface area contributed by atoms with Gasteiger partial charge in [0.1, 0.15) is 5.03 Å². The van der Waals surface area contributed by atoms with Crippen LogP contribution < -0.4 is 0 Å². The smallest absolute Gasteiger partial charge is 0.305 e. The first-order valence-electron chi connectivity index (χ1n) is 8.30. The Balaban J connectivity index is 1.77. The van der Waals surface area contributed by atoms with Gasteiger partial charge in [-0.1, -0.05) is 11.6 Å². The molecule has 0 aliphatic carbocycles. The molecule has 0 aliphatic rings. The minimum Gasteiger partial charge on any atom is -0.305 e. The zero-order valence-electron chi connectivity index (χ0n) is 15.4. The first-order valence-corrected chi connectivity index (χ1v) is 9.49. The van der Waals surface area contributed by atoms with Crippen molar-refractivity contribution < 1.29 is 13.2 Å². The van der Waals surface area contributed by atoms with Crippen LogP contribution in [0.25, 0.3) is 17.0 Å². The van der Waals surface area contributed by atoms with E-state index in [0.29, 0.717) is 32.2 Å². The van der Waals surface area contributed by atoms with Crippen molar-refractivity contribution in [3.05, 3.63) is 46.2 Å². The Bertz CT molecular complexity index is 1210. The first-order chi connectivity index (χ1) is 13.7. The predicted octanol–water partition coefficient (Wildman–Crippen LogP) is 4.36. The van der Waals surface area contributed by atoms with Crippen LogP contribution in [0, 0.1) is 13.8 Å². The summed E-state index contributed by atoms with van der Waals surface area (Å²) >= 11 is 7.04. The maximum absolute atomic E-state index is 13.2. The molecule has 12 heteroatoms. The highest BCUT2D eigenvalue weighted by Crippen LogP contribution is 2.34. The van der Waals surface area contributed by atoms with E-state index in [0.717, 1.165) is 21.8 Å². The third kappa shape index (κ3) is 3.44. The topological polar surface area (TPSA) is 73.8 Å². The molecule has 0 unspecified atom stereocenters. The van der Waals surface area contributed by atoms with Crippen LogP contribution in [0.2, 0.25) is 5.02 Å². The predicted molar refractivity (Wildman–Crippen MR) is 101 cm³/mol. The Morgan fingerprint density at radius 2 is 1.66 bits per heavy atom. The summed E-state index contributed by atoms with van der Waals surface area (Å²) in [5.74, 6) is -0.572. The lowest BCUT2D eigenvalue weighted by Crippen LogP contribution is -2.13. The van der Waals surface area contributed by atoms with Gasteiger partial charge in [-0.3, -0.25) is 0 Å². The number of aromatic nitrogens is 7. The number of benzene rings is 1. The molecule has 3 aromatic heterocycles. The molecular weight excluding hydrogens is 427 g/mol. The molecule has 4 aromatic rings. The lowest BCUT2D eigenvalue weighted by molar-refractivity contribution is -0.146. The van der Waals surface area contributed by atoms with Gasteiger partial charge in [-0.2, -0.15) is 22.8 Å². The molecule has 0 bridgehead atoms. The SMILES string of the molecule is Cc1c(Sc2nnc(-c3ccc(Cl)cc3)n2C)nn2c(C(F)(F)F)nnc2c1C. The monoisotopic (exact) mass is 439 g/mol. The highest BCUT2D eigenvalue weighted by Gasteiger charge is 2.38. The minimum atomic E-state index is -4.66. The largest absolute Gasteiger partial charge is 0.453 e.